The number of methoxy groups -OCH3 is 2. The van der Waals surface area contributed by atoms with Crippen molar-refractivity contribution in [2.24, 2.45) is 0 Å². The Labute approximate surface area is 213 Å². The second-order valence-electron chi connectivity index (χ2n) is 8.81. The number of nitrogens with zero attached hydrogens (tertiary/aromatic N) is 5. The zero-order valence-corrected chi connectivity index (χ0v) is 20.7. The molecule has 0 radical (unpaired) electrons. The standard InChI is InChI=1S/C27H26FN5O4/c1-17-16-31(11-12-32(17)26(34)19-5-4-6-20(28)13-19)27(35)21-15-25-29-10-9-22(33(25)30-21)18-7-8-23(36-2)24(14-18)37-3/h4-10,13-15,17H,11-12,16H2,1-3H3/t17-/m0/s1. The molecular formula is C27H26FN5O4. The summed E-state index contributed by atoms with van der Waals surface area (Å²) in [6.07, 6.45) is 1.66. The largest absolute Gasteiger partial charge is 0.493 e. The quantitative estimate of drug-likeness (QED) is 0.414. The van der Waals surface area contributed by atoms with Crippen molar-refractivity contribution in [3.05, 3.63) is 77.9 Å². The van der Waals surface area contributed by atoms with Crippen molar-refractivity contribution in [2.75, 3.05) is 33.9 Å². The molecule has 1 fully saturated rings. The van der Waals surface area contributed by atoms with E-state index in [4.69, 9.17) is 9.47 Å². The summed E-state index contributed by atoms with van der Waals surface area (Å²) in [4.78, 5) is 34.0. The fourth-order valence-electron chi connectivity index (χ4n) is 4.61. The van der Waals surface area contributed by atoms with E-state index >= 15 is 0 Å². The minimum absolute atomic E-state index is 0.242. The number of hydrogen-bond acceptors (Lipinski definition) is 6. The molecule has 3 heterocycles. The molecule has 0 unspecified atom stereocenters. The van der Waals surface area contributed by atoms with Gasteiger partial charge in [-0.1, -0.05) is 6.07 Å². The molecule has 0 spiro atoms. The molecule has 0 bridgehead atoms. The Morgan fingerprint density at radius 3 is 2.51 bits per heavy atom. The van der Waals surface area contributed by atoms with Gasteiger partial charge in [-0.05, 0) is 49.4 Å². The molecule has 10 heteroatoms. The van der Waals surface area contributed by atoms with Crippen LogP contribution in [0.4, 0.5) is 4.39 Å². The molecule has 1 aliphatic rings. The average Bonchev–Trinajstić information content (AvgIpc) is 3.36. The van der Waals surface area contributed by atoms with E-state index in [-0.39, 0.29) is 23.6 Å². The average molecular weight is 504 g/mol. The minimum atomic E-state index is -0.458. The third-order valence-electron chi connectivity index (χ3n) is 6.50. The lowest BCUT2D eigenvalue weighted by Crippen LogP contribution is -2.55. The molecule has 2 aromatic heterocycles. The number of fused-ring (bicyclic) bond motifs is 1. The summed E-state index contributed by atoms with van der Waals surface area (Å²) in [6, 6.07) is 14.4. The van der Waals surface area contributed by atoms with Gasteiger partial charge in [0.05, 0.1) is 19.9 Å². The molecule has 1 aliphatic heterocycles. The molecule has 0 saturated carbocycles. The van der Waals surface area contributed by atoms with Crippen LogP contribution in [0.25, 0.3) is 16.9 Å². The molecule has 37 heavy (non-hydrogen) atoms. The minimum Gasteiger partial charge on any atom is -0.493 e. The van der Waals surface area contributed by atoms with E-state index in [1.807, 2.05) is 31.2 Å². The second kappa shape index (κ2) is 9.88. The predicted octanol–water partition coefficient (Wildman–Crippen LogP) is 3.54. The van der Waals surface area contributed by atoms with Crippen molar-refractivity contribution in [2.45, 2.75) is 13.0 Å². The number of amides is 2. The molecular weight excluding hydrogens is 477 g/mol. The first kappa shape index (κ1) is 24.2. The number of rotatable bonds is 5. The van der Waals surface area contributed by atoms with Crippen LogP contribution in [0.2, 0.25) is 0 Å². The summed E-state index contributed by atoms with van der Waals surface area (Å²) < 4.78 is 26.0. The highest BCUT2D eigenvalue weighted by molar-refractivity contribution is 5.96. The van der Waals surface area contributed by atoms with Crippen LogP contribution in [0, 0.1) is 5.82 Å². The van der Waals surface area contributed by atoms with E-state index in [1.54, 1.807) is 46.9 Å². The molecule has 0 aliphatic carbocycles. The van der Waals surface area contributed by atoms with Crippen molar-refractivity contribution < 1.29 is 23.5 Å². The Bertz CT molecular complexity index is 1490. The third-order valence-corrected chi connectivity index (χ3v) is 6.50. The normalized spacial score (nSPS) is 15.6. The van der Waals surface area contributed by atoms with Crippen LogP contribution in [0.1, 0.15) is 27.8 Å². The number of piperazine rings is 1. The number of ether oxygens (including phenoxy) is 2. The summed E-state index contributed by atoms with van der Waals surface area (Å²) in [7, 11) is 3.15. The molecule has 2 aromatic carbocycles. The molecule has 190 valence electrons. The summed E-state index contributed by atoms with van der Waals surface area (Å²) >= 11 is 0. The van der Waals surface area contributed by atoms with Gasteiger partial charge >= 0.3 is 0 Å². The summed E-state index contributed by atoms with van der Waals surface area (Å²) in [5, 5.41) is 4.57. The first-order valence-electron chi connectivity index (χ1n) is 11.8. The number of carbonyl (C=O) groups is 2. The van der Waals surface area contributed by atoms with Crippen LogP contribution in [0.3, 0.4) is 0 Å². The lowest BCUT2D eigenvalue weighted by molar-refractivity contribution is 0.0411. The van der Waals surface area contributed by atoms with Crippen LogP contribution in [-0.4, -0.2) is 76.1 Å². The Balaban J connectivity index is 1.37. The van der Waals surface area contributed by atoms with Gasteiger partial charge in [-0.2, -0.15) is 5.10 Å². The van der Waals surface area contributed by atoms with Gasteiger partial charge in [0.25, 0.3) is 11.8 Å². The maximum atomic E-state index is 13.6. The molecule has 1 saturated heterocycles. The number of aromatic nitrogens is 3. The van der Waals surface area contributed by atoms with Gasteiger partial charge in [-0.3, -0.25) is 9.59 Å². The Hall–Kier alpha value is -4.47. The molecule has 9 nitrogen and oxygen atoms in total. The van der Waals surface area contributed by atoms with Crippen LogP contribution in [0.15, 0.2) is 60.8 Å². The maximum Gasteiger partial charge on any atom is 0.274 e. The Kier molecular flexibility index (Phi) is 6.47. The number of benzene rings is 2. The highest BCUT2D eigenvalue weighted by atomic mass is 19.1. The van der Waals surface area contributed by atoms with Crippen LogP contribution in [-0.2, 0) is 0 Å². The van der Waals surface area contributed by atoms with Crippen molar-refractivity contribution >= 4 is 17.5 Å². The summed E-state index contributed by atoms with van der Waals surface area (Å²) in [5.41, 5.74) is 2.65. The van der Waals surface area contributed by atoms with Crippen molar-refractivity contribution in [1.82, 2.24) is 24.4 Å². The first-order chi connectivity index (χ1) is 17.9. The van der Waals surface area contributed by atoms with E-state index in [2.05, 4.69) is 10.1 Å². The van der Waals surface area contributed by atoms with Gasteiger partial charge in [0.1, 0.15) is 5.82 Å². The number of halogens is 1. The highest BCUT2D eigenvalue weighted by Crippen LogP contribution is 2.32. The van der Waals surface area contributed by atoms with E-state index in [1.165, 1.54) is 18.2 Å². The zero-order chi connectivity index (χ0) is 26.1. The van der Waals surface area contributed by atoms with Crippen molar-refractivity contribution in [1.29, 1.82) is 0 Å². The molecule has 5 rings (SSSR count). The zero-order valence-electron chi connectivity index (χ0n) is 20.7. The van der Waals surface area contributed by atoms with E-state index in [0.29, 0.717) is 42.3 Å². The van der Waals surface area contributed by atoms with Gasteiger partial charge in [0.15, 0.2) is 22.8 Å². The maximum absolute atomic E-state index is 13.6. The highest BCUT2D eigenvalue weighted by Gasteiger charge is 2.32. The smallest absolute Gasteiger partial charge is 0.274 e. The van der Waals surface area contributed by atoms with Crippen molar-refractivity contribution in [3.8, 4) is 22.8 Å². The predicted molar refractivity (Wildman–Crippen MR) is 134 cm³/mol. The summed E-state index contributed by atoms with van der Waals surface area (Å²) in [6.45, 7) is 2.89. The second-order valence-corrected chi connectivity index (χ2v) is 8.81. The fraction of sp³-hybridized carbons (Fsp3) is 0.259. The Morgan fingerprint density at radius 1 is 0.973 bits per heavy atom. The lowest BCUT2D eigenvalue weighted by atomic mass is 10.1. The third kappa shape index (κ3) is 4.57. The topological polar surface area (TPSA) is 89.3 Å². The van der Waals surface area contributed by atoms with E-state index in [9.17, 15) is 14.0 Å². The lowest BCUT2D eigenvalue weighted by Gasteiger charge is -2.39. The van der Waals surface area contributed by atoms with Gasteiger partial charge in [0.2, 0.25) is 0 Å². The monoisotopic (exact) mass is 503 g/mol. The van der Waals surface area contributed by atoms with Gasteiger partial charge in [-0.25, -0.2) is 13.9 Å². The van der Waals surface area contributed by atoms with Gasteiger partial charge < -0.3 is 19.3 Å². The van der Waals surface area contributed by atoms with Crippen LogP contribution in [0.5, 0.6) is 11.5 Å². The van der Waals surface area contributed by atoms with Gasteiger partial charge in [-0.15, -0.1) is 0 Å². The number of carbonyl (C=O) groups excluding carboxylic acids is 2. The van der Waals surface area contributed by atoms with Crippen molar-refractivity contribution in [3.63, 3.8) is 0 Å². The van der Waals surface area contributed by atoms with E-state index < -0.39 is 5.82 Å². The molecule has 2 amide bonds. The molecule has 1 atom stereocenters. The SMILES string of the molecule is COc1ccc(-c2ccnc3cc(C(=O)N4CCN(C(=O)c5cccc(F)c5)[C@@H](C)C4)nn23)cc1OC. The number of hydrogen-bond donors (Lipinski definition) is 0. The first-order valence-corrected chi connectivity index (χ1v) is 11.8. The molecule has 0 N–H and O–H groups in total. The fourth-order valence-corrected chi connectivity index (χ4v) is 4.61. The molecule has 4 aromatic rings. The van der Waals surface area contributed by atoms with Crippen LogP contribution < -0.4 is 9.47 Å². The van der Waals surface area contributed by atoms with E-state index in [0.717, 1.165) is 11.3 Å². The summed E-state index contributed by atoms with van der Waals surface area (Å²) in [5.74, 6) is 0.231. The van der Waals surface area contributed by atoms with Gasteiger partial charge in [0, 0.05) is 49.1 Å². The Morgan fingerprint density at radius 2 is 1.78 bits per heavy atom. The van der Waals surface area contributed by atoms with Crippen LogP contribution >= 0.6 is 0 Å².